The van der Waals surface area contributed by atoms with Gasteiger partial charge in [-0.15, -0.1) is 0 Å². The second-order valence-corrected chi connectivity index (χ2v) is 5.89. The SMILES string of the molecule is CC1=C(CCC=O)CCC(C(C)(C)C)C1. The molecule has 1 rings (SSSR count). The van der Waals surface area contributed by atoms with Crippen molar-refractivity contribution in [3.05, 3.63) is 11.1 Å². The molecule has 1 unspecified atom stereocenters. The molecule has 86 valence electrons. The summed E-state index contributed by atoms with van der Waals surface area (Å²) in [4.78, 5) is 10.4. The lowest BCUT2D eigenvalue weighted by Gasteiger charge is -2.35. The van der Waals surface area contributed by atoms with Crippen molar-refractivity contribution >= 4 is 6.29 Å². The predicted octanol–water partition coefficient (Wildman–Crippen LogP) is 4.13. The quantitative estimate of drug-likeness (QED) is 0.503. The Morgan fingerprint density at radius 1 is 1.40 bits per heavy atom. The standard InChI is InChI=1S/C14H24O/c1-11-10-13(14(2,3)4)8-7-12(11)6-5-9-15/h9,13H,5-8,10H2,1-4H3. The third kappa shape index (κ3) is 3.48. The van der Waals surface area contributed by atoms with E-state index in [9.17, 15) is 4.79 Å². The van der Waals surface area contributed by atoms with Crippen LogP contribution in [0.2, 0.25) is 0 Å². The van der Waals surface area contributed by atoms with Gasteiger partial charge in [0.1, 0.15) is 6.29 Å². The topological polar surface area (TPSA) is 17.1 Å². The molecule has 1 aliphatic rings. The Bertz CT molecular complexity index is 255. The maximum absolute atomic E-state index is 10.4. The van der Waals surface area contributed by atoms with E-state index in [4.69, 9.17) is 0 Å². The van der Waals surface area contributed by atoms with E-state index in [-0.39, 0.29) is 0 Å². The highest BCUT2D eigenvalue weighted by Gasteiger charge is 2.28. The van der Waals surface area contributed by atoms with Crippen LogP contribution in [-0.2, 0) is 4.79 Å². The van der Waals surface area contributed by atoms with Gasteiger partial charge in [0.05, 0.1) is 0 Å². The second-order valence-electron chi connectivity index (χ2n) is 5.89. The number of rotatable bonds is 3. The summed E-state index contributed by atoms with van der Waals surface area (Å²) < 4.78 is 0. The van der Waals surface area contributed by atoms with Gasteiger partial charge in [-0.1, -0.05) is 31.9 Å². The van der Waals surface area contributed by atoms with Gasteiger partial charge >= 0.3 is 0 Å². The van der Waals surface area contributed by atoms with Gasteiger partial charge < -0.3 is 4.79 Å². The average molecular weight is 208 g/mol. The third-order valence-electron chi connectivity index (χ3n) is 3.74. The zero-order chi connectivity index (χ0) is 11.5. The van der Waals surface area contributed by atoms with Crippen molar-refractivity contribution < 1.29 is 4.79 Å². The maximum atomic E-state index is 10.4. The van der Waals surface area contributed by atoms with E-state index in [1.54, 1.807) is 11.1 Å². The lowest BCUT2D eigenvalue weighted by atomic mass is 9.70. The summed E-state index contributed by atoms with van der Waals surface area (Å²) in [5.74, 6) is 0.817. The summed E-state index contributed by atoms with van der Waals surface area (Å²) in [7, 11) is 0. The molecule has 0 radical (unpaired) electrons. The molecule has 0 heterocycles. The van der Waals surface area contributed by atoms with Crippen molar-refractivity contribution in [1.29, 1.82) is 0 Å². The van der Waals surface area contributed by atoms with Crippen molar-refractivity contribution in [2.75, 3.05) is 0 Å². The Balaban J connectivity index is 2.61. The van der Waals surface area contributed by atoms with Crippen molar-refractivity contribution in [3.63, 3.8) is 0 Å². The van der Waals surface area contributed by atoms with Crippen LogP contribution in [0.3, 0.4) is 0 Å². The van der Waals surface area contributed by atoms with Crippen molar-refractivity contribution in [2.24, 2.45) is 11.3 Å². The summed E-state index contributed by atoms with van der Waals surface area (Å²) >= 11 is 0. The number of allylic oxidation sites excluding steroid dienone is 2. The first-order chi connectivity index (χ1) is 6.95. The minimum Gasteiger partial charge on any atom is -0.303 e. The molecule has 1 heteroatoms. The lowest BCUT2D eigenvalue weighted by Crippen LogP contribution is -2.23. The van der Waals surface area contributed by atoms with Gasteiger partial charge in [-0.25, -0.2) is 0 Å². The molecular weight excluding hydrogens is 184 g/mol. The fraction of sp³-hybridized carbons (Fsp3) is 0.786. The van der Waals surface area contributed by atoms with Crippen LogP contribution in [0.25, 0.3) is 0 Å². The molecule has 0 saturated carbocycles. The Hall–Kier alpha value is -0.590. The fourth-order valence-electron chi connectivity index (χ4n) is 2.49. The number of carbonyl (C=O) groups excluding carboxylic acids is 1. The summed E-state index contributed by atoms with van der Waals surface area (Å²) in [6, 6.07) is 0. The normalized spacial score (nSPS) is 23.1. The van der Waals surface area contributed by atoms with Crippen LogP contribution in [0, 0.1) is 11.3 Å². The lowest BCUT2D eigenvalue weighted by molar-refractivity contribution is -0.107. The van der Waals surface area contributed by atoms with Gasteiger partial charge in [0.15, 0.2) is 0 Å². The van der Waals surface area contributed by atoms with E-state index in [0.717, 1.165) is 18.6 Å². The zero-order valence-corrected chi connectivity index (χ0v) is 10.6. The first-order valence-corrected chi connectivity index (χ1v) is 6.06. The van der Waals surface area contributed by atoms with Crippen LogP contribution in [0.5, 0.6) is 0 Å². The molecule has 0 amide bonds. The first kappa shape index (κ1) is 12.5. The Kier molecular flexibility index (Phi) is 4.12. The minimum absolute atomic E-state index is 0.428. The summed E-state index contributed by atoms with van der Waals surface area (Å²) in [5.41, 5.74) is 3.52. The first-order valence-electron chi connectivity index (χ1n) is 6.06. The molecule has 0 aromatic rings. The van der Waals surface area contributed by atoms with E-state index in [2.05, 4.69) is 27.7 Å². The molecule has 1 aliphatic carbocycles. The van der Waals surface area contributed by atoms with E-state index in [0.29, 0.717) is 11.8 Å². The zero-order valence-electron chi connectivity index (χ0n) is 10.6. The summed E-state index contributed by atoms with van der Waals surface area (Å²) in [6.07, 6.45) is 6.48. The number of aldehydes is 1. The molecule has 0 aromatic heterocycles. The highest BCUT2D eigenvalue weighted by molar-refractivity contribution is 5.50. The van der Waals surface area contributed by atoms with Gasteiger partial charge in [0.2, 0.25) is 0 Å². The fourth-order valence-corrected chi connectivity index (χ4v) is 2.49. The molecule has 0 saturated heterocycles. The maximum Gasteiger partial charge on any atom is 0.120 e. The molecule has 0 spiro atoms. The second kappa shape index (κ2) is 4.96. The highest BCUT2D eigenvalue weighted by Crippen LogP contribution is 2.40. The summed E-state index contributed by atoms with van der Waals surface area (Å²) in [6.45, 7) is 9.25. The third-order valence-corrected chi connectivity index (χ3v) is 3.74. The van der Waals surface area contributed by atoms with Crippen molar-refractivity contribution in [3.8, 4) is 0 Å². The van der Waals surface area contributed by atoms with Crippen LogP contribution in [0.1, 0.15) is 59.8 Å². The van der Waals surface area contributed by atoms with E-state index >= 15 is 0 Å². The van der Waals surface area contributed by atoms with E-state index in [1.165, 1.54) is 19.3 Å². The van der Waals surface area contributed by atoms with Crippen LogP contribution >= 0.6 is 0 Å². The van der Waals surface area contributed by atoms with E-state index in [1.807, 2.05) is 0 Å². The number of carbonyl (C=O) groups is 1. The van der Waals surface area contributed by atoms with E-state index < -0.39 is 0 Å². The highest BCUT2D eigenvalue weighted by atomic mass is 16.1. The number of hydrogen-bond acceptors (Lipinski definition) is 1. The Morgan fingerprint density at radius 3 is 2.53 bits per heavy atom. The van der Waals surface area contributed by atoms with Crippen molar-refractivity contribution in [1.82, 2.24) is 0 Å². The van der Waals surface area contributed by atoms with Gasteiger partial charge in [-0.05, 0) is 43.9 Å². The predicted molar refractivity (Wildman–Crippen MR) is 64.8 cm³/mol. The summed E-state index contributed by atoms with van der Waals surface area (Å²) in [5, 5.41) is 0. The number of hydrogen-bond donors (Lipinski definition) is 0. The van der Waals surface area contributed by atoms with Gasteiger partial charge in [0.25, 0.3) is 0 Å². The monoisotopic (exact) mass is 208 g/mol. The molecule has 1 atom stereocenters. The largest absolute Gasteiger partial charge is 0.303 e. The molecule has 0 aliphatic heterocycles. The molecule has 0 fully saturated rings. The molecule has 0 N–H and O–H groups in total. The smallest absolute Gasteiger partial charge is 0.120 e. The van der Waals surface area contributed by atoms with Crippen LogP contribution in [-0.4, -0.2) is 6.29 Å². The van der Waals surface area contributed by atoms with Crippen LogP contribution < -0.4 is 0 Å². The van der Waals surface area contributed by atoms with Gasteiger partial charge in [-0.2, -0.15) is 0 Å². The van der Waals surface area contributed by atoms with Crippen LogP contribution in [0.15, 0.2) is 11.1 Å². The molecule has 0 bridgehead atoms. The molecule has 1 nitrogen and oxygen atoms in total. The molecule has 15 heavy (non-hydrogen) atoms. The van der Waals surface area contributed by atoms with Gasteiger partial charge in [-0.3, -0.25) is 0 Å². The molecule has 0 aromatic carbocycles. The Labute approximate surface area is 93.9 Å². The average Bonchev–Trinajstić information content (AvgIpc) is 2.14. The molecular formula is C14H24O. The Morgan fingerprint density at radius 2 is 2.07 bits per heavy atom. The van der Waals surface area contributed by atoms with Crippen molar-refractivity contribution in [2.45, 2.75) is 59.8 Å². The van der Waals surface area contributed by atoms with Crippen LogP contribution in [0.4, 0.5) is 0 Å². The van der Waals surface area contributed by atoms with Gasteiger partial charge in [0, 0.05) is 6.42 Å². The minimum atomic E-state index is 0.428.